The van der Waals surface area contributed by atoms with Crippen LogP contribution in [0.4, 0.5) is 0 Å². The van der Waals surface area contributed by atoms with E-state index >= 15 is 0 Å². The number of hydroxylamine groups is 1. The van der Waals surface area contributed by atoms with Gasteiger partial charge in [0.15, 0.2) is 0 Å². The summed E-state index contributed by atoms with van der Waals surface area (Å²) in [4.78, 5) is 4.99. The van der Waals surface area contributed by atoms with E-state index in [1.54, 1.807) is 4.68 Å². The number of nitrogens with zero attached hydrogens (tertiary/aromatic N) is 3. The number of aromatic nitrogens is 3. The molecule has 0 bridgehead atoms. The van der Waals surface area contributed by atoms with E-state index in [4.69, 9.17) is 9.94 Å². The number of hydrogen-bond acceptors (Lipinski definition) is 5. The van der Waals surface area contributed by atoms with Crippen LogP contribution in [0, 0.1) is 0 Å². The molecule has 0 amide bonds. The molecule has 6 heteroatoms. The van der Waals surface area contributed by atoms with Crippen LogP contribution in [-0.4, -0.2) is 39.9 Å². The summed E-state index contributed by atoms with van der Waals surface area (Å²) >= 11 is 0. The molecule has 2 rings (SSSR count). The SMILES string of the molecule is OCCc1cn(C2CNOC2)nn1. The van der Waals surface area contributed by atoms with Crippen LogP contribution >= 0.6 is 0 Å². The molecule has 6 nitrogen and oxygen atoms in total. The van der Waals surface area contributed by atoms with Gasteiger partial charge in [0.2, 0.25) is 0 Å². The van der Waals surface area contributed by atoms with Crippen molar-refractivity contribution >= 4 is 0 Å². The molecule has 1 aromatic rings. The highest BCUT2D eigenvalue weighted by Crippen LogP contribution is 2.09. The van der Waals surface area contributed by atoms with E-state index in [-0.39, 0.29) is 12.6 Å². The zero-order valence-electron chi connectivity index (χ0n) is 7.18. The summed E-state index contributed by atoms with van der Waals surface area (Å²) in [6.45, 7) is 1.47. The molecule has 13 heavy (non-hydrogen) atoms. The Morgan fingerprint density at radius 1 is 1.77 bits per heavy atom. The van der Waals surface area contributed by atoms with Gasteiger partial charge < -0.3 is 5.11 Å². The quantitative estimate of drug-likeness (QED) is 0.623. The minimum Gasteiger partial charge on any atom is -0.396 e. The van der Waals surface area contributed by atoms with Crippen molar-refractivity contribution in [2.75, 3.05) is 19.8 Å². The summed E-state index contributed by atoms with van der Waals surface area (Å²) < 4.78 is 1.77. The van der Waals surface area contributed by atoms with Crippen LogP contribution in [0.1, 0.15) is 11.7 Å². The summed E-state index contributed by atoms with van der Waals surface area (Å²) in [5, 5.41) is 16.6. The van der Waals surface area contributed by atoms with Crippen molar-refractivity contribution in [3.05, 3.63) is 11.9 Å². The van der Waals surface area contributed by atoms with Gasteiger partial charge >= 0.3 is 0 Å². The van der Waals surface area contributed by atoms with Gasteiger partial charge in [-0.1, -0.05) is 5.21 Å². The van der Waals surface area contributed by atoms with Crippen LogP contribution in [-0.2, 0) is 11.3 Å². The summed E-state index contributed by atoms with van der Waals surface area (Å²) in [5.41, 5.74) is 3.59. The van der Waals surface area contributed by atoms with Gasteiger partial charge in [0.05, 0.1) is 18.3 Å². The monoisotopic (exact) mass is 184 g/mol. The Kier molecular flexibility index (Phi) is 2.53. The second kappa shape index (κ2) is 3.82. The van der Waals surface area contributed by atoms with Crippen molar-refractivity contribution in [3.8, 4) is 0 Å². The Labute approximate surface area is 75.5 Å². The van der Waals surface area contributed by atoms with Crippen LogP contribution < -0.4 is 5.48 Å². The smallest absolute Gasteiger partial charge is 0.0937 e. The second-order valence-corrected chi connectivity index (χ2v) is 2.98. The topological polar surface area (TPSA) is 72.2 Å². The van der Waals surface area contributed by atoms with Gasteiger partial charge in [-0.25, -0.2) is 10.2 Å². The van der Waals surface area contributed by atoms with E-state index in [1.807, 2.05) is 6.20 Å². The summed E-state index contributed by atoms with van der Waals surface area (Å²) in [7, 11) is 0. The van der Waals surface area contributed by atoms with Crippen molar-refractivity contribution in [1.82, 2.24) is 20.5 Å². The summed E-state index contributed by atoms with van der Waals surface area (Å²) in [6.07, 6.45) is 2.40. The molecule has 0 spiro atoms. The average Bonchev–Trinajstić information content (AvgIpc) is 2.70. The van der Waals surface area contributed by atoms with E-state index in [2.05, 4.69) is 15.8 Å². The van der Waals surface area contributed by atoms with Crippen molar-refractivity contribution in [1.29, 1.82) is 0 Å². The molecule has 0 saturated carbocycles. The highest BCUT2D eigenvalue weighted by Gasteiger charge is 2.18. The molecule has 2 heterocycles. The zero-order chi connectivity index (χ0) is 9.10. The third-order valence-electron chi connectivity index (χ3n) is 2.00. The molecule has 1 aromatic heterocycles. The fourth-order valence-corrected chi connectivity index (χ4v) is 1.26. The largest absolute Gasteiger partial charge is 0.396 e. The third-order valence-corrected chi connectivity index (χ3v) is 2.00. The maximum Gasteiger partial charge on any atom is 0.0937 e. The Bertz CT molecular complexity index is 269. The maximum atomic E-state index is 8.68. The molecule has 72 valence electrons. The van der Waals surface area contributed by atoms with Crippen molar-refractivity contribution in [3.63, 3.8) is 0 Å². The third kappa shape index (κ3) is 1.85. The lowest BCUT2D eigenvalue weighted by Gasteiger charge is -2.03. The van der Waals surface area contributed by atoms with Gasteiger partial charge in [-0.15, -0.1) is 5.10 Å². The number of aliphatic hydroxyl groups excluding tert-OH is 1. The van der Waals surface area contributed by atoms with Crippen molar-refractivity contribution in [2.24, 2.45) is 0 Å². The van der Waals surface area contributed by atoms with Crippen molar-refractivity contribution in [2.45, 2.75) is 12.5 Å². The predicted octanol–water partition coefficient (Wildman–Crippen LogP) is -1.11. The molecule has 1 atom stereocenters. The average molecular weight is 184 g/mol. The number of rotatable bonds is 3. The Balaban J connectivity index is 2.03. The first-order chi connectivity index (χ1) is 6.40. The van der Waals surface area contributed by atoms with Gasteiger partial charge in [0.1, 0.15) is 0 Å². The summed E-state index contributed by atoms with van der Waals surface area (Å²) in [5.74, 6) is 0. The van der Waals surface area contributed by atoms with Gasteiger partial charge in [0.25, 0.3) is 0 Å². The first kappa shape index (κ1) is 8.61. The van der Waals surface area contributed by atoms with Crippen LogP contribution in [0.2, 0.25) is 0 Å². The van der Waals surface area contributed by atoms with Gasteiger partial charge in [-0.3, -0.25) is 4.84 Å². The van der Waals surface area contributed by atoms with Crippen LogP contribution in [0.5, 0.6) is 0 Å². The van der Waals surface area contributed by atoms with E-state index in [1.165, 1.54) is 0 Å². The van der Waals surface area contributed by atoms with Crippen LogP contribution in [0.3, 0.4) is 0 Å². The maximum absolute atomic E-state index is 8.68. The Morgan fingerprint density at radius 3 is 3.38 bits per heavy atom. The molecule has 0 aliphatic carbocycles. The fraction of sp³-hybridized carbons (Fsp3) is 0.714. The molecular formula is C7H12N4O2. The number of nitrogens with one attached hydrogen (secondary N) is 1. The van der Waals surface area contributed by atoms with E-state index in [0.717, 1.165) is 12.2 Å². The Morgan fingerprint density at radius 2 is 2.69 bits per heavy atom. The molecule has 2 N–H and O–H groups in total. The summed E-state index contributed by atoms with van der Waals surface area (Å²) in [6, 6.07) is 0.222. The van der Waals surface area contributed by atoms with Crippen molar-refractivity contribution < 1.29 is 9.94 Å². The molecular weight excluding hydrogens is 172 g/mol. The van der Waals surface area contributed by atoms with E-state index < -0.39 is 0 Å². The molecule has 0 radical (unpaired) electrons. The minimum atomic E-state index is 0.109. The second-order valence-electron chi connectivity index (χ2n) is 2.98. The number of hydrogen-bond donors (Lipinski definition) is 2. The van der Waals surface area contributed by atoms with Crippen LogP contribution in [0.15, 0.2) is 6.20 Å². The molecule has 1 aliphatic rings. The molecule has 1 fully saturated rings. The molecule has 1 aliphatic heterocycles. The first-order valence-corrected chi connectivity index (χ1v) is 4.26. The zero-order valence-corrected chi connectivity index (χ0v) is 7.18. The molecule has 0 aromatic carbocycles. The highest BCUT2D eigenvalue weighted by molar-refractivity contribution is 4.94. The lowest BCUT2D eigenvalue weighted by molar-refractivity contribution is 0.0968. The fourth-order valence-electron chi connectivity index (χ4n) is 1.26. The van der Waals surface area contributed by atoms with E-state index in [0.29, 0.717) is 13.0 Å². The minimum absolute atomic E-state index is 0.109. The molecule has 1 unspecified atom stereocenters. The lowest BCUT2D eigenvalue weighted by atomic mass is 10.3. The first-order valence-electron chi connectivity index (χ1n) is 4.26. The lowest BCUT2D eigenvalue weighted by Crippen LogP contribution is -2.14. The Hall–Kier alpha value is -0.980. The van der Waals surface area contributed by atoms with E-state index in [9.17, 15) is 0 Å². The van der Waals surface area contributed by atoms with Gasteiger partial charge in [-0.2, -0.15) is 0 Å². The van der Waals surface area contributed by atoms with Crippen LogP contribution in [0.25, 0.3) is 0 Å². The number of aliphatic hydroxyl groups is 1. The predicted molar refractivity (Wildman–Crippen MR) is 43.8 cm³/mol. The van der Waals surface area contributed by atoms with Gasteiger partial charge in [0, 0.05) is 25.8 Å². The normalized spacial score (nSPS) is 22.4. The molecule has 1 saturated heterocycles. The standard InChI is InChI=1S/C7H12N4O2/c12-2-1-6-4-11(10-9-6)7-3-8-13-5-7/h4,7-8,12H,1-3,5H2. The van der Waals surface area contributed by atoms with Gasteiger partial charge in [-0.05, 0) is 0 Å². The highest BCUT2D eigenvalue weighted by atomic mass is 16.7.